The molecule has 0 radical (unpaired) electrons. The summed E-state index contributed by atoms with van der Waals surface area (Å²) in [7, 11) is 0. The number of allylic oxidation sites excluding steroid dienone is 8. The monoisotopic (exact) mass is 312 g/mol. The third-order valence-corrected chi connectivity index (χ3v) is 5.18. The lowest BCUT2D eigenvalue weighted by molar-refractivity contribution is 0.544. The van der Waals surface area contributed by atoms with Gasteiger partial charge < -0.3 is 0 Å². The minimum absolute atomic E-state index is 1.11. The van der Waals surface area contributed by atoms with Gasteiger partial charge in [-0.15, -0.1) is 0 Å². The summed E-state index contributed by atoms with van der Waals surface area (Å²) in [4.78, 5) is 0. The highest BCUT2D eigenvalue weighted by atomic mass is 14.2. The summed E-state index contributed by atoms with van der Waals surface area (Å²) in [6.45, 7) is 2.29. The summed E-state index contributed by atoms with van der Waals surface area (Å²) in [6.07, 6.45) is 31.2. The second-order valence-electron chi connectivity index (χ2n) is 7.21. The molecule has 0 spiro atoms. The number of unbranched alkanes of at least 4 members (excludes halogenated alkanes) is 11. The summed E-state index contributed by atoms with van der Waals surface area (Å²) < 4.78 is 0. The Hall–Kier alpha value is -1.04. The first-order chi connectivity index (χ1) is 11.4. The van der Waals surface area contributed by atoms with E-state index in [0.717, 1.165) is 6.42 Å². The van der Waals surface area contributed by atoms with E-state index < -0.39 is 0 Å². The molecule has 0 heterocycles. The Bertz CT molecular complexity index is 445. The number of rotatable bonds is 13. The average molecular weight is 313 g/mol. The molecular weight excluding hydrogens is 276 g/mol. The molecule has 0 heteroatoms. The Morgan fingerprint density at radius 3 is 2.00 bits per heavy atom. The van der Waals surface area contributed by atoms with Gasteiger partial charge >= 0.3 is 0 Å². The van der Waals surface area contributed by atoms with E-state index in [-0.39, 0.29) is 0 Å². The first kappa shape index (κ1) is 18.3. The van der Waals surface area contributed by atoms with Crippen LogP contribution in [0.4, 0.5) is 0 Å². The standard InChI is InChI=1S/C23H36/c1-2-3-4-5-6-7-8-9-10-11-12-13-16-21-19-20-22-17-14-15-18-23(21)22/h14,17-20H,2-13,15-16H2,1H3. The van der Waals surface area contributed by atoms with Crippen molar-refractivity contribution in [3.05, 3.63) is 47.1 Å². The molecule has 0 aromatic rings. The zero-order valence-corrected chi connectivity index (χ0v) is 15.3. The van der Waals surface area contributed by atoms with E-state index in [4.69, 9.17) is 0 Å². The van der Waals surface area contributed by atoms with Crippen molar-refractivity contribution in [3.63, 3.8) is 0 Å². The molecule has 0 unspecified atom stereocenters. The summed E-state index contributed by atoms with van der Waals surface area (Å²) >= 11 is 0. The molecule has 0 saturated carbocycles. The second-order valence-corrected chi connectivity index (χ2v) is 7.21. The fourth-order valence-electron chi connectivity index (χ4n) is 3.70. The molecule has 0 nitrogen and oxygen atoms in total. The van der Waals surface area contributed by atoms with E-state index >= 15 is 0 Å². The number of hydrogen-bond acceptors (Lipinski definition) is 0. The molecule has 23 heavy (non-hydrogen) atoms. The Morgan fingerprint density at radius 2 is 1.35 bits per heavy atom. The van der Waals surface area contributed by atoms with E-state index in [1.165, 1.54) is 94.6 Å². The maximum Gasteiger partial charge on any atom is -0.0157 e. The van der Waals surface area contributed by atoms with Crippen LogP contribution in [0, 0.1) is 0 Å². The molecule has 0 saturated heterocycles. The summed E-state index contributed by atoms with van der Waals surface area (Å²) in [5.41, 5.74) is 4.54. The molecule has 0 aliphatic heterocycles. The van der Waals surface area contributed by atoms with Gasteiger partial charge in [-0.2, -0.15) is 0 Å². The molecule has 0 fully saturated rings. The molecule has 0 aromatic carbocycles. The fourth-order valence-corrected chi connectivity index (χ4v) is 3.70. The highest BCUT2D eigenvalue weighted by Gasteiger charge is 2.14. The minimum Gasteiger partial charge on any atom is -0.0801 e. The van der Waals surface area contributed by atoms with Gasteiger partial charge in [-0.1, -0.05) is 108 Å². The average Bonchev–Trinajstić information content (AvgIpc) is 2.99. The van der Waals surface area contributed by atoms with Gasteiger partial charge in [0.05, 0.1) is 0 Å². The molecule has 0 bridgehead atoms. The predicted octanol–water partition coefficient (Wildman–Crippen LogP) is 7.83. The summed E-state index contributed by atoms with van der Waals surface area (Å²) in [5, 5.41) is 0. The third-order valence-electron chi connectivity index (χ3n) is 5.18. The van der Waals surface area contributed by atoms with Crippen molar-refractivity contribution in [3.8, 4) is 0 Å². The van der Waals surface area contributed by atoms with Gasteiger partial charge in [-0.3, -0.25) is 0 Å². The first-order valence-electron chi connectivity index (χ1n) is 10.2. The lowest BCUT2D eigenvalue weighted by Gasteiger charge is -2.11. The molecule has 2 aliphatic rings. The molecule has 0 amide bonds. The van der Waals surface area contributed by atoms with Crippen LogP contribution >= 0.6 is 0 Å². The quantitative estimate of drug-likeness (QED) is 0.304. The number of fused-ring (bicyclic) bond motifs is 1. The zero-order chi connectivity index (χ0) is 16.2. The van der Waals surface area contributed by atoms with E-state index in [9.17, 15) is 0 Å². The molecule has 128 valence electrons. The SMILES string of the molecule is CCCCCCCCCCCCCCC1=CC=C2C=CCC=C21. The summed E-state index contributed by atoms with van der Waals surface area (Å²) in [5.74, 6) is 0. The van der Waals surface area contributed by atoms with Gasteiger partial charge in [0, 0.05) is 0 Å². The van der Waals surface area contributed by atoms with Crippen LogP contribution in [0.25, 0.3) is 0 Å². The maximum absolute atomic E-state index is 2.39. The molecular formula is C23H36. The largest absolute Gasteiger partial charge is 0.0801 e. The lowest BCUT2D eigenvalue weighted by Crippen LogP contribution is -1.92. The first-order valence-corrected chi connectivity index (χ1v) is 10.2. The van der Waals surface area contributed by atoms with Crippen LogP contribution < -0.4 is 0 Å². The Balaban J connectivity index is 1.39. The molecule has 0 N–H and O–H groups in total. The van der Waals surface area contributed by atoms with Gasteiger partial charge in [-0.25, -0.2) is 0 Å². The van der Waals surface area contributed by atoms with E-state index in [0.29, 0.717) is 0 Å². The van der Waals surface area contributed by atoms with Crippen LogP contribution in [0.2, 0.25) is 0 Å². The summed E-state index contributed by atoms with van der Waals surface area (Å²) in [6, 6.07) is 0. The van der Waals surface area contributed by atoms with Crippen LogP contribution in [0.15, 0.2) is 47.1 Å². The Labute approximate surface area is 144 Å². The van der Waals surface area contributed by atoms with Gasteiger partial charge in [-0.05, 0) is 36.0 Å². The van der Waals surface area contributed by atoms with Crippen molar-refractivity contribution in [1.29, 1.82) is 0 Å². The topological polar surface area (TPSA) is 0 Å². The highest BCUT2D eigenvalue weighted by molar-refractivity contribution is 5.60. The lowest BCUT2D eigenvalue weighted by atomic mass is 9.94. The van der Waals surface area contributed by atoms with E-state index in [2.05, 4.69) is 37.3 Å². The van der Waals surface area contributed by atoms with Crippen LogP contribution in [0.5, 0.6) is 0 Å². The molecule has 2 rings (SSSR count). The minimum atomic E-state index is 1.11. The molecule has 2 aliphatic carbocycles. The molecule has 0 atom stereocenters. The Morgan fingerprint density at radius 1 is 0.739 bits per heavy atom. The normalized spacial score (nSPS) is 16.1. The van der Waals surface area contributed by atoms with Gasteiger partial charge in [0.2, 0.25) is 0 Å². The Kier molecular flexibility index (Phi) is 9.14. The number of hydrogen-bond donors (Lipinski definition) is 0. The predicted molar refractivity (Wildman–Crippen MR) is 104 cm³/mol. The van der Waals surface area contributed by atoms with Crippen LogP contribution in [-0.2, 0) is 0 Å². The van der Waals surface area contributed by atoms with Gasteiger partial charge in [0.15, 0.2) is 0 Å². The fraction of sp³-hybridized carbons (Fsp3) is 0.652. The van der Waals surface area contributed by atoms with E-state index in [1.807, 2.05) is 0 Å². The van der Waals surface area contributed by atoms with Crippen molar-refractivity contribution in [2.75, 3.05) is 0 Å². The third kappa shape index (κ3) is 6.94. The second kappa shape index (κ2) is 11.5. The van der Waals surface area contributed by atoms with Crippen molar-refractivity contribution >= 4 is 0 Å². The van der Waals surface area contributed by atoms with Crippen molar-refractivity contribution < 1.29 is 0 Å². The van der Waals surface area contributed by atoms with Gasteiger partial charge in [0.25, 0.3) is 0 Å². The van der Waals surface area contributed by atoms with Crippen LogP contribution in [-0.4, -0.2) is 0 Å². The maximum atomic E-state index is 2.39. The van der Waals surface area contributed by atoms with Crippen LogP contribution in [0.3, 0.4) is 0 Å². The van der Waals surface area contributed by atoms with Crippen molar-refractivity contribution in [1.82, 2.24) is 0 Å². The van der Waals surface area contributed by atoms with E-state index in [1.54, 1.807) is 5.57 Å². The zero-order valence-electron chi connectivity index (χ0n) is 15.3. The highest BCUT2D eigenvalue weighted by Crippen LogP contribution is 2.33. The molecule has 0 aromatic heterocycles. The van der Waals surface area contributed by atoms with Gasteiger partial charge in [0.1, 0.15) is 0 Å². The van der Waals surface area contributed by atoms with Crippen LogP contribution in [0.1, 0.15) is 96.8 Å². The van der Waals surface area contributed by atoms with Crippen molar-refractivity contribution in [2.24, 2.45) is 0 Å². The van der Waals surface area contributed by atoms with Crippen molar-refractivity contribution in [2.45, 2.75) is 96.8 Å². The smallest absolute Gasteiger partial charge is 0.0157 e.